The lowest BCUT2D eigenvalue weighted by molar-refractivity contribution is -0.144. The van der Waals surface area contributed by atoms with Crippen LogP contribution in [0.2, 0.25) is 0 Å². The van der Waals surface area contributed by atoms with E-state index in [0.717, 1.165) is 11.3 Å². The van der Waals surface area contributed by atoms with Gasteiger partial charge in [0.2, 0.25) is 6.29 Å². The second kappa shape index (κ2) is 4.07. The van der Waals surface area contributed by atoms with Gasteiger partial charge in [-0.15, -0.1) is 0 Å². The minimum absolute atomic E-state index is 0.161. The lowest BCUT2D eigenvalue weighted by Crippen LogP contribution is -2.16. The molecule has 0 saturated heterocycles. The molecule has 2 rings (SSSR count). The van der Waals surface area contributed by atoms with Crippen molar-refractivity contribution in [1.29, 1.82) is 0 Å². The van der Waals surface area contributed by atoms with Gasteiger partial charge in [0.1, 0.15) is 0 Å². The molecule has 0 unspecified atom stereocenters. The van der Waals surface area contributed by atoms with Crippen molar-refractivity contribution in [2.75, 3.05) is 0 Å². The third-order valence-corrected chi connectivity index (χ3v) is 2.30. The van der Waals surface area contributed by atoms with Crippen LogP contribution in [0.1, 0.15) is 38.2 Å². The van der Waals surface area contributed by atoms with E-state index < -0.39 is 0 Å². The Hall–Kier alpha value is -1.28. The summed E-state index contributed by atoms with van der Waals surface area (Å²) in [5.74, 6) is 0.902. The largest absolute Gasteiger partial charge is 0.465 e. The highest BCUT2D eigenvalue weighted by molar-refractivity contribution is 5.57. The third-order valence-electron chi connectivity index (χ3n) is 2.30. The summed E-state index contributed by atoms with van der Waals surface area (Å²) in [5.41, 5.74) is 2.30. The number of rotatable bonds is 2. The number of allylic oxidation sites excluding steroid dienone is 1. The Kier molecular flexibility index (Phi) is 2.78. The lowest BCUT2D eigenvalue weighted by atomic mass is 10.0. The predicted octanol–water partition coefficient (Wildman–Crippen LogP) is 3.50. The SMILES string of the molecule is CC1=Cc2ccccc2[C@@H](OC(C)C)O1. The molecule has 0 amide bonds. The van der Waals surface area contributed by atoms with Crippen molar-refractivity contribution in [3.05, 3.63) is 41.2 Å². The van der Waals surface area contributed by atoms with E-state index in [1.54, 1.807) is 0 Å². The molecule has 0 saturated carbocycles. The fraction of sp³-hybridized carbons (Fsp3) is 0.385. The lowest BCUT2D eigenvalue weighted by Gasteiger charge is -2.27. The van der Waals surface area contributed by atoms with Gasteiger partial charge in [0.05, 0.1) is 11.9 Å². The van der Waals surface area contributed by atoms with Crippen molar-refractivity contribution in [1.82, 2.24) is 0 Å². The first kappa shape index (κ1) is 10.2. The zero-order valence-electron chi connectivity index (χ0n) is 9.36. The first-order chi connectivity index (χ1) is 7.16. The Morgan fingerprint density at radius 1 is 1.27 bits per heavy atom. The van der Waals surface area contributed by atoms with Crippen molar-refractivity contribution >= 4 is 6.08 Å². The van der Waals surface area contributed by atoms with E-state index in [-0.39, 0.29) is 12.4 Å². The number of ether oxygens (including phenoxy) is 2. The molecule has 0 aliphatic carbocycles. The second-order valence-corrected chi connectivity index (χ2v) is 4.02. The normalized spacial score (nSPS) is 19.5. The van der Waals surface area contributed by atoms with Crippen molar-refractivity contribution in [3.8, 4) is 0 Å². The van der Waals surface area contributed by atoms with Gasteiger partial charge in [-0.3, -0.25) is 0 Å². The average molecular weight is 204 g/mol. The summed E-state index contributed by atoms with van der Waals surface area (Å²) in [6, 6.07) is 8.16. The highest BCUT2D eigenvalue weighted by Crippen LogP contribution is 2.32. The van der Waals surface area contributed by atoms with Crippen molar-refractivity contribution in [2.24, 2.45) is 0 Å². The van der Waals surface area contributed by atoms with E-state index in [1.165, 1.54) is 5.56 Å². The molecule has 0 radical (unpaired) electrons. The Labute approximate surface area is 90.5 Å². The Morgan fingerprint density at radius 3 is 2.73 bits per heavy atom. The van der Waals surface area contributed by atoms with Gasteiger partial charge in [0.15, 0.2) is 0 Å². The summed E-state index contributed by atoms with van der Waals surface area (Å²) in [7, 11) is 0. The first-order valence-electron chi connectivity index (χ1n) is 5.26. The topological polar surface area (TPSA) is 18.5 Å². The predicted molar refractivity (Wildman–Crippen MR) is 60.1 cm³/mol. The quantitative estimate of drug-likeness (QED) is 0.734. The van der Waals surface area contributed by atoms with Gasteiger partial charge in [0.25, 0.3) is 0 Å². The summed E-state index contributed by atoms with van der Waals surface area (Å²) in [6.07, 6.45) is 1.94. The summed E-state index contributed by atoms with van der Waals surface area (Å²) >= 11 is 0. The zero-order chi connectivity index (χ0) is 10.8. The molecule has 0 fully saturated rings. The fourth-order valence-corrected chi connectivity index (χ4v) is 1.69. The van der Waals surface area contributed by atoms with Crippen LogP contribution >= 0.6 is 0 Å². The summed E-state index contributed by atoms with van der Waals surface area (Å²) in [5, 5.41) is 0. The van der Waals surface area contributed by atoms with Gasteiger partial charge in [-0.2, -0.15) is 0 Å². The van der Waals surface area contributed by atoms with Crippen LogP contribution in [-0.4, -0.2) is 6.10 Å². The minimum Gasteiger partial charge on any atom is -0.465 e. The number of hydrogen-bond acceptors (Lipinski definition) is 2. The van der Waals surface area contributed by atoms with E-state index in [1.807, 2.05) is 45.0 Å². The summed E-state index contributed by atoms with van der Waals surface area (Å²) < 4.78 is 11.4. The molecule has 1 atom stereocenters. The van der Waals surface area contributed by atoms with E-state index in [9.17, 15) is 0 Å². The Morgan fingerprint density at radius 2 is 2.00 bits per heavy atom. The highest BCUT2D eigenvalue weighted by atomic mass is 16.7. The van der Waals surface area contributed by atoms with E-state index >= 15 is 0 Å². The number of fused-ring (bicyclic) bond motifs is 1. The van der Waals surface area contributed by atoms with Crippen LogP contribution in [0.15, 0.2) is 30.0 Å². The van der Waals surface area contributed by atoms with Gasteiger partial charge >= 0.3 is 0 Å². The number of hydrogen-bond donors (Lipinski definition) is 0. The van der Waals surface area contributed by atoms with Crippen molar-refractivity contribution < 1.29 is 9.47 Å². The van der Waals surface area contributed by atoms with E-state index in [2.05, 4.69) is 6.07 Å². The van der Waals surface area contributed by atoms with Gasteiger partial charge < -0.3 is 9.47 Å². The minimum atomic E-state index is -0.258. The molecule has 15 heavy (non-hydrogen) atoms. The maximum atomic E-state index is 5.72. The highest BCUT2D eigenvalue weighted by Gasteiger charge is 2.21. The Bertz CT molecular complexity index is 380. The van der Waals surface area contributed by atoms with Crippen LogP contribution in [-0.2, 0) is 9.47 Å². The molecule has 0 bridgehead atoms. The van der Waals surface area contributed by atoms with Crippen LogP contribution in [0.25, 0.3) is 6.08 Å². The number of benzene rings is 1. The summed E-state index contributed by atoms with van der Waals surface area (Å²) in [6.45, 7) is 5.98. The van der Waals surface area contributed by atoms with Crippen LogP contribution < -0.4 is 0 Å². The molecule has 1 aromatic rings. The molecule has 2 nitrogen and oxygen atoms in total. The average Bonchev–Trinajstić information content (AvgIpc) is 2.16. The van der Waals surface area contributed by atoms with Gasteiger partial charge in [0, 0.05) is 5.56 Å². The monoisotopic (exact) mass is 204 g/mol. The molecule has 0 spiro atoms. The van der Waals surface area contributed by atoms with Gasteiger partial charge in [-0.1, -0.05) is 24.3 Å². The smallest absolute Gasteiger partial charge is 0.227 e. The zero-order valence-corrected chi connectivity index (χ0v) is 9.36. The molecule has 1 aromatic carbocycles. The van der Waals surface area contributed by atoms with E-state index in [0.29, 0.717) is 0 Å². The third kappa shape index (κ3) is 2.21. The van der Waals surface area contributed by atoms with Crippen molar-refractivity contribution in [3.63, 3.8) is 0 Å². The molecular formula is C13H16O2. The van der Waals surface area contributed by atoms with E-state index in [4.69, 9.17) is 9.47 Å². The molecule has 80 valence electrons. The molecule has 0 N–H and O–H groups in total. The van der Waals surface area contributed by atoms with Crippen molar-refractivity contribution in [2.45, 2.75) is 33.2 Å². The molecular weight excluding hydrogens is 188 g/mol. The van der Waals surface area contributed by atoms with Gasteiger partial charge in [-0.25, -0.2) is 0 Å². The Balaban J connectivity index is 2.33. The maximum absolute atomic E-state index is 5.72. The molecule has 1 aliphatic heterocycles. The molecule has 1 heterocycles. The fourth-order valence-electron chi connectivity index (χ4n) is 1.69. The maximum Gasteiger partial charge on any atom is 0.227 e. The second-order valence-electron chi connectivity index (χ2n) is 4.02. The van der Waals surface area contributed by atoms with Crippen LogP contribution in [0.5, 0.6) is 0 Å². The summed E-state index contributed by atoms with van der Waals surface area (Å²) in [4.78, 5) is 0. The van der Waals surface area contributed by atoms with Crippen LogP contribution in [0.3, 0.4) is 0 Å². The molecule has 1 aliphatic rings. The molecule has 0 aromatic heterocycles. The van der Waals surface area contributed by atoms with Gasteiger partial charge in [-0.05, 0) is 32.4 Å². The molecule has 2 heteroatoms. The first-order valence-corrected chi connectivity index (χ1v) is 5.26. The standard InChI is InChI=1S/C13H16O2/c1-9(2)14-13-12-7-5-4-6-11(12)8-10(3)15-13/h4-9,13H,1-3H3/t13-/m0/s1. The van der Waals surface area contributed by atoms with Crippen LogP contribution in [0, 0.1) is 0 Å². The van der Waals surface area contributed by atoms with Crippen LogP contribution in [0.4, 0.5) is 0 Å².